The Kier molecular flexibility index (Phi) is 4.03. The number of hydrogen-bond acceptors (Lipinski definition) is 2. The number of nitrogens with zero attached hydrogens (tertiary/aromatic N) is 1. The van der Waals surface area contributed by atoms with Gasteiger partial charge in [-0.15, -0.1) is 0 Å². The largest absolute Gasteiger partial charge is 0.384 e. The van der Waals surface area contributed by atoms with E-state index >= 15 is 0 Å². The lowest BCUT2D eigenvalue weighted by atomic mass is 10.0. The van der Waals surface area contributed by atoms with Crippen molar-refractivity contribution in [1.29, 1.82) is 5.26 Å². The topological polar surface area (TPSA) is 35.8 Å². The molecule has 1 saturated carbocycles. The summed E-state index contributed by atoms with van der Waals surface area (Å²) in [4.78, 5) is 0. The molecule has 0 atom stereocenters. The standard InChI is InChI=1S/C15H20N2/c1-12-5-4-8-14(11-16)15(12)17-10-9-13-6-2-3-7-13/h4-5,8,13,17H,2-3,6-7,9-10H2,1H3. The molecular formula is C15H20N2. The molecule has 0 saturated heterocycles. The molecule has 0 spiro atoms. The van der Waals surface area contributed by atoms with Crippen LogP contribution in [0.5, 0.6) is 0 Å². The molecule has 2 rings (SSSR count). The van der Waals surface area contributed by atoms with Crippen molar-refractivity contribution in [2.45, 2.75) is 39.0 Å². The summed E-state index contributed by atoms with van der Waals surface area (Å²) in [5, 5.41) is 12.5. The van der Waals surface area contributed by atoms with E-state index in [0.29, 0.717) is 0 Å². The monoisotopic (exact) mass is 228 g/mol. The van der Waals surface area contributed by atoms with Crippen LogP contribution in [-0.2, 0) is 0 Å². The highest BCUT2D eigenvalue weighted by Gasteiger charge is 2.14. The van der Waals surface area contributed by atoms with Crippen LogP contribution in [0.25, 0.3) is 0 Å². The van der Waals surface area contributed by atoms with Crippen LogP contribution in [0.2, 0.25) is 0 Å². The molecule has 1 aliphatic rings. The molecule has 0 aromatic heterocycles. The van der Waals surface area contributed by atoms with Crippen molar-refractivity contribution in [3.05, 3.63) is 29.3 Å². The predicted octanol–water partition coefficient (Wildman–Crippen LogP) is 3.86. The van der Waals surface area contributed by atoms with E-state index in [1.165, 1.54) is 32.1 Å². The zero-order valence-electron chi connectivity index (χ0n) is 10.5. The Bertz CT molecular complexity index is 411. The highest BCUT2D eigenvalue weighted by molar-refractivity contribution is 5.62. The molecule has 90 valence electrons. The van der Waals surface area contributed by atoms with Crippen molar-refractivity contribution in [1.82, 2.24) is 0 Å². The van der Waals surface area contributed by atoms with E-state index in [1.807, 2.05) is 12.1 Å². The summed E-state index contributed by atoms with van der Waals surface area (Å²) in [6.07, 6.45) is 6.82. The molecule has 1 aromatic carbocycles. The number of anilines is 1. The second-order valence-electron chi connectivity index (χ2n) is 4.98. The van der Waals surface area contributed by atoms with Crippen LogP contribution in [0, 0.1) is 24.2 Å². The minimum Gasteiger partial charge on any atom is -0.384 e. The number of nitrogens with one attached hydrogen (secondary N) is 1. The van der Waals surface area contributed by atoms with Gasteiger partial charge in [-0.3, -0.25) is 0 Å². The number of aryl methyl sites for hydroxylation is 1. The number of rotatable bonds is 4. The summed E-state index contributed by atoms with van der Waals surface area (Å²) in [6, 6.07) is 8.13. The molecule has 2 heteroatoms. The Labute approximate surface area is 104 Å². The molecular weight excluding hydrogens is 208 g/mol. The second-order valence-corrected chi connectivity index (χ2v) is 4.98. The molecule has 0 heterocycles. The lowest BCUT2D eigenvalue weighted by Crippen LogP contribution is -2.08. The number of hydrogen-bond donors (Lipinski definition) is 1. The Morgan fingerprint density at radius 3 is 2.82 bits per heavy atom. The fourth-order valence-electron chi connectivity index (χ4n) is 2.70. The average molecular weight is 228 g/mol. The van der Waals surface area contributed by atoms with Crippen LogP contribution in [0.3, 0.4) is 0 Å². The molecule has 0 unspecified atom stereocenters. The maximum atomic E-state index is 9.06. The predicted molar refractivity (Wildman–Crippen MR) is 71.0 cm³/mol. The summed E-state index contributed by atoms with van der Waals surface area (Å²) in [7, 11) is 0. The van der Waals surface area contributed by atoms with Crippen molar-refractivity contribution in [3.8, 4) is 6.07 Å². The lowest BCUT2D eigenvalue weighted by molar-refractivity contribution is 0.518. The van der Waals surface area contributed by atoms with E-state index in [9.17, 15) is 0 Å². The first-order valence-corrected chi connectivity index (χ1v) is 6.55. The highest BCUT2D eigenvalue weighted by atomic mass is 14.9. The zero-order chi connectivity index (χ0) is 12.1. The molecule has 0 aliphatic heterocycles. The third-order valence-corrected chi connectivity index (χ3v) is 3.72. The SMILES string of the molecule is Cc1cccc(C#N)c1NCCC1CCCC1. The van der Waals surface area contributed by atoms with Gasteiger partial charge in [0.2, 0.25) is 0 Å². The first-order valence-electron chi connectivity index (χ1n) is 6.55. The van der Waals surface area contributed by atoms with Gasteiger partial charge in [-0.25, -0.2) is 0 Å². The van der Waals surface area contributed by atoms with Crippen molar-refractivity contribution in [2.24, 2.45) is 5.92 Å². The Balaban J connectivity index is 1.92. The van der Waals surface area contributed by atoms with Gasteiger partial charge in [0.25, 0.3) is 0 Å². The molecule has 0 bridgehead atoms. The Hall–Kier alpha value is -1.49. The van der Waals surface area contributed by atoms with Gasteiger partial charge in [0.1, 0.15) is 6.07 Å². The first-order chi connectivity index (χ1) is 8.31. The van der Waals surface area contributed by atoms with Crippen molar-refractivity contribution < 1.29 is 0 Å². The minimum atomic E-state index is 0.761. The van der Waals surface area contributed by atoms with Crippen LogP contribution in [-0.4, -0.2) is 6.54 Å². The van der Waals surface area contributed by atoms with E-state index in [-0.39, 0.29) is 0 Å². The fraction of sp³-hybridized carbons (Fsp3) is 0.533. The molecule has 1 N–H and O–H groups in total. The summed E-state index contributed by atoms with van der Waals surface area (Å²) in [6.45, 7) is 3.04. The fourth-order valence-corrected chi connectivity index (χ4v) is 2.70. The molecule has 1 aromatic rings. The molecule has 1 fully saturated rings. The lowest BCUT2D eigenvalue weighted by Gasteiger charge is -2.13. The van der Waals surface area contributed by atoms with Crippen molar-refractivity contribution in [2.75, 3.05) is 11.9 Å². The normalized spacial score (nSPS) is 15.8. The molecule has 0 radical (unpaired) electrons. The van der Waals surface area contributed by atoms with Gasteiger partial charge >= 0.3 is 0 Å². The van der Waals surface area contributed by atoms with Gasteiger partial charge in [-0.05, 0) is 30.9 Å². The van der Waals surface area contributed by atoms with Crippen LogP contribution in [0.15, 0.2) is 18.2 Å². The molecule has 0 amide bonds. The average Bonchev–Trinajstić information content (AvgIpc) is 2.84. The maximum absolute atomic E-state index is 9.06. The van der Waals surface area contributed by atoms with Crippen LogP contribution in [0.4, 0.5) is 5.69 Å². The number of para-hydroxylation sites is 1. The van der Waals surface area contributed by atoms with Gasteiger partial charge in [-0.1, -0.05) is 37.8 Å². The highest BCUT2D eigenvalue weighted by Crippen LogP contribution is 2.28. The van der Waals surface area contributed by atoms with E-state index in [4.69, 9.17) is 5.26 Å². The summed E-state index contributed by atoms with van der Waals surface area (Å²) in [5.41, 5.74) is 2.94. The van der Waals surface area contributed by atoms with E-state index in [2.05, 4.69) is 24.4 Å². The van der Waals surface area contributed by atoms with Gasteiger partial charge in [0.05, 0.1) is 11.3 Å². The van der Waals surface area contributed by atoms with E-state index < -0.39 is 0 Å². The molecule has 17 heavy (non-hydrogen) atoms. The Morgan fingerprint density at radius 1 is 1.35 bits per heavy atom. The van der Waals surface area contributed by atoms with Gasteiger partial charge in [-0.2, -0.15) is 5.26 Å². The zero-order valence-corrected chi connectivity index (χ0v) is 10.5. The van der Waals surface area contributed by atoms with Gasteiger partial charge < -0.3 is 5.32 Å². The van der Waals surface area contributed by atoms with Gasteiger partial charge in [0, 0.05) is 6.54 Å². The third-order valence-electron chi connectivity index (χ3n) is 3.72. The number of nitriles is 1. The molecule has 1 aliphatic carbocycles. The minimum absolute atomic E-state index is 0.761. The summed E-state index contributed by atoms with van der Waals surface area (Å²) < 4.78 is 0. The second kappa shape index (κ2) is 5.72. The van der Waals surface area contributed by atoms with Crippen LogP contribution >= 0.6 is 0 Å². The first kappa shape index (κ1) is 12.0. The van der Waals surface area contributed by atoms with Crippen LogP contribution in [0.1, 0.15) is 43.2 Å². The van der Waals surface area contributed by atoms with Crippen molar-refractivity contribution >= 4 is 5.69 Å². The summed E-state index contributed by atoms with van der Waals surface area (Å²) >= 11 is 0. The molecule has 2 nitrogen and oxygen atoms in total. The number of benzene rings is 1. The van der Waals surface area contributed by atoms with E-state index in [1.54, 1.807) is 0 Å². The third kappa shape index (κ3) is 3.00. The Morgan fingerprint density at radius 2 is 2.12 bits per heavy atom. The van der Waals surface area contributed by atoms with E-state index in [0.717, 1.165) is 29.3 Å². The maximum Gasteiger partial charge on any atom is 0.101 e. The van der Waals surface area contributed by atoms with Crippen LogP contribution < -0.4 is 5.32 Å². The summed E-state index contributed by atoms with van der Waals surface area (Å²) in [5.74, 6) is 0.900. The quantitative estimate of drug-likeness (QED) is 0.849. The smallest absolute Gasteiger partial charge is 0.101 e. The van der Waals surface area contributed by atoms with Crippen molar-refractivity contribution in [3.63, 3.8) is 0 Å². The van der Waals surface area contributed by atoms with Gasteiger partial charge in [0.15, 0.2) is 0 Å².